The second-order valence-electron chi connectivity index (χ2n) is 10.7. The Morgan fingerprint density at radius 2 is 1.84 bits per heavy atom. The third-order valence-electron chi connectivity index (χ3n) is 6.02. The van der Waals surface area contributed by atoms with Gasteiger partial charge in [0.2, 0.25) is 0 Å². The first-order valence-corrected chi connectivity index (χ1v) is 15.3. The van der Waals surface area contributed by atoms with Crippen LogP contribution in [0.3, 0.4) is 0 Å². The first-order chi connectivity index (χ1) is 20.1. The van der Waals surface area contributed by atoms with Crippen molar-refractivity contribution in [2.24, 2.45) is 5.73 Å². The summed E-state index contributed by atoms with van der Waals surface area (Å²) < 4.78 is 57.3. The molecule has 16 heteroatoms. The van der Waals surface area contributed by atoms with Crippen LogP contribution in [-0.4, -0.2) is 58.2 Å². The zero-order valence-electron chi connectivity index (χ0n) is 24.6. The fourth-order valence-corrected chi connectivity index (χ4v) is 5.73. The summed E-state index contributed by atoms with van der Waals surface area (Å²) in [7, 11) is -4.48. The summed E-state index contributed by atoms with van der Waals surface area (Å²) in [6.07, 6.45) is -3.27. The second-order valence-corrected chi connectivity index (χ2v) is 12.3. The number of ether oxygens (including phenoxy) is 3. The maximum atomic E-state index is 15.0. The molecule has 1 saturated heterocycles. The van der Waals surface area contributed by atoms with Gasteiger partial charge in [0.05, 0.1) is 12.2 Å². The highest BCUT2D eigenvalue weighted by atomic mass is 31.2. The van der Waals surface area contributed by atoms with Gasteiger partial charge in [-0.15, -0.1) is 0 Å². The number of aromatic amines is 1. The molecule has 1 aromatic heterocycles. The van der Waals surface area contributed by atoms with Gasteiger partial charge in [0.25, 0.3) is 5.56 Å². The number of aryl methyl sites for hydroxylation is 1. The number of carbonyl (C=O) groups is 2. The molecule has 238 valence electrons. The highest BCUT2D eigenvalue weighted by molar-refractivity contribution is 7.52. The smallest absolute Gasteiger partial charge is 0.459 e. The van der Waals surface area contributed by atoms with Gasteiger partial charge < -0.3 is 24.5 Å². The van der Waals surface area contributed by atoms with Gasteiger partial charge in [-0.05, 0) is 52.7 Å². The van der Waals surface area contributed by atoms with E-state index >= 15 is 4.39 Å². The molecule has 0 spiro atoms. The Labute approximate surface area is 247 Å². The zero-order chi connectivity index (χ0) is 31.9. The van der Waals surface area contributed by atoms with Crippen molar-refractivity contribution < 1.29 is 41.8 Å². The summed E-state index contributed by atoms with van der Waals surface area (Å²) in [5.41, 5.74) is 3.26. The van der Waals surface area contributed by atoms with E-state index in [1.165, 1.54) is 13.0 Å². The molecule has 2 aromatic rings. The highest BCUT2D eigenvalue weighted by Gasteiger charge is 2.48. The molecule has 0 aliphatic carbocycles. The predicted octanol–water partition coefficient (Wildman–Crippen LogP) is 2.47. The minimum Gasteiger partial charge on any atom is -0.463 e. The fourth-order valence-electron chi connectivity index (χ4n) is 4.14. The molecule has 43 heavy (non-hydrogen) atoms. The average Bonchev–Trinajstić information content (AvgIpc) is 3.20. The number of para-hydroxylation sites is 1. The van der Waals surface area contributed by atoms with Gasteiger partial charge >= 0.3 is 25.4 Å². The number of halogens is 1. The summed E-state index contributed by atoms with van der Waals surface area (Å²) in [5.74, 6) is -1.10. The van der Waals surface area contributed by atoms with Gasteiger partial charge in [-0.3, -0.25) is 28.5 Å². The summed E-state index contributed by atoms with van der Waals surface area (Å²) in [5, 5.41) is 2.52. The Morgan fingerprint density at radius 3 is 2.49 bits per heavy atom. The molecule has 14 nitrogen and oxygen atoms in total. The largest absolute Gasteiger partial charge is 0.463 e. The Hall–Kier alpha value is -3.36. The van der Waals surface area contributed by atoms with Crippen LogP contribution in [0.1, 0.15) is 59.3 Å². The first kappa shape index (κ1) is 34.1. The lowest BCUT2D eigenvalue weighted by Crippen LogP contribution is -2.45. The molecule has 0 saturated carbocycles. The molecule has 1 aliphatic heterocycles. The quantitative estimate of drug-likeness (QED) is 0.205. The van der Waals surface area contributed by atoms with Crippen molar-refractivity contribution in [2.45, 2.75) is 90.3 Å². The Morgan fingerprint density at radius 1 is 1.16 bits per heavy atom. The number of alkyl halides is 1. The monoisotopic (exact) mass is 628 g/mol. The number of hydrogen-bond donors (Lipinski definition) is 3. The van der Waals surface area contributed by atoms with Crippen LogP contribution in [0.25, 0.3) is 0 Å². The van der Waals surface area contributed by atoms with Crippen LogP contribution >= 0.6 is 7.75 Å². The number of nitrogens with zero attached hydrogens (tertiary/aromatic N) is 1. The van der Waals surface area contributed by atoms with Crippen molar-refractivity contribution in [2.75, 3.05) is 6.61 Å². The van der Waals surface area contributed by atoms with Crippen molar-refractivity contribution in [3.63, 3.8) is 0 Å². The molecule has 1 fully saturated rings. The Kier molecular flexibility index (Phi) is 11.4. The summed E-state index contributed by atoms with van der Waals surface area (Å²) >= 11 is 0. The number of rotatable bonds is 14. The summed E-state index contributed by atoms with van der Waals surface area (Å²) in [4.78, 5) is 50.2. The zero-order valence-corrected chi connectivity index (χ0v) is 25.5. The number of carbonyl (C=O) groups excluding carboxylic acids is 2. The van der Waals surface area contributed by atoms with E-state index < -0.39 is 74.2 Å². The minimum atomic E-state index is -4.48. The number of esters is 2. The van der Waals surface area contributed by atoms with Crippen LogP contribution in [0.15, 0.2) is 46.1 Å². The number of nitrogens with two attached hydrogens (primary N) is 1. The van der Waals surface area contributed by atoms with E-state index in [1.54, 1.807) is 45.9 Å². The topological polar surface area (TPSA) is 190 Å². The lowest BCUT2D eigenvalue weighted by molar-refractivity contribution is -0.149. The normalized spacial score (nSPS) is 22.3. The van der Waals surface area contributed by atoms with Crippen molar-refractivity contribution in [3.05, 3.63) is 62.9 Å². The number of H-pyrrole nitrogens is 1. The van der Waals surface area contributed by atoms with Crippen molar-refractivity contribution in [3.8, 4) is 5.75 Å². The van der Waals surface area contributed by atoms with E-state index in [2.05, 4.69) is 5.09 Å². The van der Waals surface area contributed by atoms with Crippen LogP contribution < -0.4 is 26.6 Å². The number of hydrogen-bond acceptors (Lipinski definition) is 11. The number of benzene rings is 1. The molecule has 3 unspecified atom stereocenters. The van der Waals surface area contributed by atoms with E-state index in [-0.39, 0.29) is 24.7 Å². The summed E-state index contributed by atoms with van der Waals surface area (Å²) in [6, 6.07) is 6.30. The molecule has 1 aromatic carbocycles. The Bertz CT molecular complexity index is 1450. The molecule has 5 atom stereocenters. The average molecular weight is 629 g/mol. The molecule has 2 heterocycles. The molecular weight excluding hydrogens is 590 g/mol. The van der Waals surface area contributed by atoms with Crippen LogP contribution in [0.4, 0.5) is 4.39 Å². The number of aromatic nitrogens is 2. The number of nitrogens with one attached hydrogen (secondary N) is 2. The van der Waals surface area contributed by atoms with Crippen LogP contribution in [-0.2, 0) is 39.3 Å². The van der Waals surface area contributed by atoms with Crippen LogP contribution in [0.5, 0.6) is 5.75 Å². The standard InChI is InChI=1S/C27H38FN4O10P/c1-16(2)39-23(34)11-10-19-8-6-7-9-21(19)42-43(37,31-18(5)25(35)40-17(3)4)38-15-27(29)14-20(28)24(41-27)32-13-12-22(33)30-26(32)36/h6-9,12-13,16-18,20,24H,10-11,14-15,29H2,1-5H3,(H,31,37)(H,30,33,36)/t18?,20-,24?,27+,43?/m1/s1. The van der Waals surface area contributed by atoms with Gasteiger partial charge in [0, 0.05) is 25.1 Å². The molecule has 0 bridgehead atoms. The van der Waals surface area contributed by atoms with Crippen LogP contribution in [0, 0.1) is 0 Å². The van der Waals surface area contributed by atoms with Crippen LogP contribution in [0.2, 0.25) is 0 Å². The van der Waals surface area contributed by atoms with E-state index in [0.29, 0.717) is 5.56 Å². The van der Waals surface area contributed by atoms with Gasteiger partial charge in [0.15, 0.2) is 6.23 Å². The highest BCUT2D eigenvalue weighted by Crippen LogP contribution is 2.48. The molecule has 3 rings (SSSR count). The minimum absolute atomic E-state index is 0.0113. The third-order valence-corrected chi connectivity index (χ3v) is 7.63. The van der Waals surface area contributed by atoms with Gasteiger partial charge in [-0.1, -0.05) is 18.2 Å². The molecule has 0 radical (unpaired) electrons. The van der Waals surface area contributed by atoms with Crippen molar-refractivity contribution in [1.29, 1.82) is 0 Å². The van der Waals surface area contributed by atoms with Crippen molar-refractivity contribution in [1.82, 2.24) is 14.6 Å². The SMILES string of the molecule is CC(C)OC(=O)CCc1ccccc1OP(=O)(NC(C)C(=O)OC(C)C)OC[C@]1(N)C[C@@H](F)C(n2ccc(=O)[nH]c2=O)O1. The van der Waals surface area contributed by atoms with E-state index in [1.807, 2.05) is 4.98 Å². The molecule has 1 aliphatic rings. The lowest BCUT2D eigenvalue weighted by Gasteiger charge is -2.29. The maximum absolute atomic E-state index is 15.0. The first-order valence-electron chi connectivity index (χ1n) is 13.7. The van der Waals surface area contributed by atoms with E-state index in [0.717, 1.165) is 16.8 Å². The summed E-state index contributed by atoms with van der Waals surface area (Å²) in [6.45, 7) is 7.43. The van der Waals surface area contributed by atoms with E-state index in [9.17, 15) is 23.7 Å². The lowest BCUT2D eigenvalue weighted by atomic mass is 10.1. The van der Waals surface area contributed by atoms with E-state index in [4.69, 9.17) is 29.0 Å². The van der Waals surface area contributed by atoms with Crippen molar-refractivity contribution >= 4 is 19.7 Å². The Balaban J connectivity index is 1.83. The molecular formula is C27H38FN4O10P. The maximum Gasteiger partial charge on any atom is 0.459 e. The predicted molar refractivity (Wildman–Crippen MR) is 152 cm³/mol. The molecule has 0 amide bonds. The van der Waals surface area contributed by atoms with Gasteiger partial charge in [0.1, 0.15) is 30.3 Å². The fraction of sp³-hybridized carbons (Fsp3) is 0.556. The second kappa shape index (κ2) is 14.4. The third kappa shape index (κ3) is 9.83. The molecule has 4 N–H and O–H groups in total. The van der Waals surface area contributed by atoms with Gasteiger partial charge in [-0.25, -0.2) is 13.8 Å². The van der Waals surface area contributed by atoms with Gasteiger partial charge in [-0.2, -0.15) is 5.09 Å².